The topological polar surface area (TPSA) is 64.4 Å². The highest BCUT2D eigenvalue weighted by atomic mass is 19.4. The van der Waals surface area contributed by atoms with E-state index in [2.05, 4.69) is 5.32 Å². The first-order valence-corrected chi connectivity index (χ1v) is 8.40. The highest BCUT2D eigenvalue weighted by Gasteiger charge is 2.33. The number of carbonyl (C=O) groups excluding carboxylic acids is 1. The van der Waals surface area contributed by atoms with Crippen molar-refractivity contribution in [3.63, 3.8) is 0 Å². The summed E-state index contributed by atoms with van der Waals surface area (Å²) in [5, 5.41) is 2.79. The van der Waals surface area contributed by atoms with E-state index in [1.165, 1.54) is 6.07 Å². The molecular weight excluding hydrogens is 333 g/mol. The molecule has 1 aliphatic heterocycles. The number of alkyl halides is 3. The van der Waals surface area contributed by atoms with Crippen LogP contribution in [0.25, 0.3) is 0 Å². The lowest BCUT2D eigenvalue weighted by Gasteiger charge is -2.30. The number of nitrogens with one attached hydrogen (secondary N) is 1. The van der Waals surface area contributed by atoms with Gasteiger partial charge >= 0.3 is 6.18 Å². The smallest absolute Gasteiger partial charge is 0.381 e. The fourth-order valence-corrected chi connectivity index (χ4v) is 2.93. The number of rotatable bonds is 5. The van der Waals surface area contributed by atoms with Gasteiger partial charge in [0.2, 0.25) is 5.91 Å². The normalized spacial score (nSPS) is 18.0. The predicted octanol–water partition coefficient (Wildman–Crippen LogP) is 2.85. The van der Waals surface area contributed by atoms with Gasteiger partial charge in [0, 0.05) is 25.2 Å². The van der Waals surface area contributed by atoms with Crippen LogP contribution in [-0.2, 0) is 21.1 Å². The second-order valence-corrected chi connectivity index (χ2v) is 7.16. The molecule has 140 valence electrons. The van der Waals surface area contributed by atoms with Crippen molar-refractivity contribution in [1.82, 2.24) is 5.32 Å². The lowest BCUT2D eigenvalue weighted by Crippen LogP contribution is -2.49. The van der Waals surface area contributed by atoms with Gasteiger partial charge in [0.25, 0.3) is 0 Å². The average Bonchev–Trinajstić information content (AvgIpc) is 2.59. The number of nitrogens with two attached hydrogens (primary N) is 1. The summed E-state index contributed by atoms with van der Waals surface area (Å²) in [6.45, 7) is 5.00. The Balaban J connectivity index is 1.99. The summed E-state index contributed by atoms with van der Waals surface area (Å²) in [6.07, 6.45) is -2.90. The van der Waals surface area contributed by atoms with Gasteiger partial charge in [-0.25, -0.2) is 0 Å². The van der Waals surface area contributed by atoms with Gasteiger partial charge in [-0.3, -0.25) is 4.79 Å². The second kappa shape index (κ2) is 7.74. The van der Waals surface area contributed by atoms with E-state index in [-0.39, 0.29) is 18.4 Å². The third-order valence-corrected chi connectivity index (χ3v) is 4.75. The zero-order valence-corrected chi connectivity index (χ0v) is 14.5. The van der Waals surface area contributed by atoms with E-state index in [1.54, 1.807) is 19.9 Å². The number of benzene rings is 1. The maximum absolute atomic E-state index is 12.9. The molecule has 0 aromatic heterocycles. The second-order valence-electron chi connectivity index (χ2n) is 7.16. The van der Waals surface area contributed by atoms with Crippen molar-refractivity contribution in [3.8, 4) is 0 Å². The molecule has 1 heterocycles. The lowest BCUT2D eigenvalue weighted by atomic mass is 9.83. The summed E-state index contributed by atoms with van der Waals surface area (Å²) in [4.78, 5) is 12.3. The van der Waals surface area contributed by atoms with Crippen LogP contribution in [0.3, 0.4) is 0 Å². The van der Waals surface area contributed by atoms with E-state index in [4.69, 9.17) is 10.5 Å². The van der Waals surface area contributed by atoms with Gasteiger partial charge in [0.1, 0.15) is 0 Å². The number of ether oxygens (including phenoxy) is 1. The fraction of sp³-hybridized carbons (Fsp3) is 0.611. The number of hydrogen-bond donors (Lipinski definition) is 2. The Labute approximate surface area is 145 Å². The van der Waals surface area contributed by atoms with E-state index in [0.29, 0.717) is 18.8 Å². The molecule has 1 amide bonds. The molecular formula is C18H25F3N2O2. The number of amides is 1. The third-order valence-electron chi connectivity index (χ3n) is 4.75. The Morgan fingerprint density at radius 1 is 1.28 bits per heavy atom. The van der Waals surface area contributed by atoms with Crippen LogP contribution in [0.15, 0.2) is 24.3 Å². The van der Waals surface area contributed by atoms with Gasteiger partial charge in [0.15, 0.2) is 0 Å². The van der Waals surface area contributed by atoms with Crippen LogP contribution in [0.5, 0.6) is 0 Å². The van der Waals surface area contributed by atoms with Gasteiger partial charge in [-0.15, -0.1) is 0 Å². The molecule has 1 aliphatic rings. The predicted molar refractivity (Wildman–Crippen MR) is 89.0 cm³/mol. The summed E-state index contributed by atoms with van der Waals surface area (Å²) >= 11 is 0. The zero-order valence-electron chi connectivity index (χ0n) is 14.5. The Morgan fingerprint density at radius 3 is 2.48 bits per heavy atom. The van der Waals surface area contributed by atoms with Crippen molar-refractivity contribution in [2.45, 2.75) is 44.3 Å². The van der Waals surface area contributed by atoms with Crippen LogP contribution < -0.4 is 11.1 Å². The van der Waals surface area contributed by atoms with Crippen molar-refractivity contribution >= 4 is 5.91 Å². The van der Waals surface area contributed by atoms with Gasteiger partial charge < -0.3 is 15.8 Å². The fourth-order valence-electron chi connectivity index (χ4n) is 2.93. The molecule has 1 aromatic carbocycles. The quantitative estimate of drug-likeness (QED) is 0.851. The van der Waals surface area contributed by atoms with E-state index < -0.39 is 23.2 Å². The largest absolute Gasteiger partial charge is 0.416 e. The Kier molecular flexibility index (Phi) is 6.11. The number of hydrogen-bond acceptors (Lipinski definition) is 3. The molecule has 7 heteroatoms. The van der Waals surface area contributed by atoms with Crippen LogP contribution >= 0.6 is 0 Å². The number of carbonyl (C=O) groups is 1. The molecule has 0 saturated carbocycles. The molecule has 0 spiro atoms. The van der Waals surface area contributed by atoms with E-state index in [0.717, 1.165) is 25.0 Å². The van der Waals surface area contributed by atoms with Crippen LogP contribution in [0.2, 0.25) is 0 Å². The van der Waals surface area contributed by atoms with Crippen molar-refractivity contribution in [2.24, 2.45) is 11.7 Å². The summed E-state index contributed by atoms with van der Waals surface area (Å²) in [5.74, 6) is -0.197. The van der Waals surface area contributed by atoms with Crippen LogP contribution in [0, 0.1) is 5.92 Å². The van der Waals surface area contributed by atoms with E-state index in [1.807, 2.05) is 0 Å². The maximum Gasteiger partial charge on any atom is 0.416 e. The van der Waals surface area contributed by atoms with E-state index in [9.17, 15) is 18.0 Å². The van der Waals surface area contributed by atoms with Crippen molar-refractivity contribution in [3.05, 3.63) is 35.4 Å². The third kappa shape index (κ3) is 5.19. The van der Waals surface area contributed by atoms with Crippen LogP contribution in [0.1, 0.15) is 37.8 Å². The summed E-state index contributed by atoms with van der Waals surface area (Å²) in [5.41, 5.74) is 5.20. The molecule has 1 atom stereocenters. The highest BCUT2D eigenvalue weighted by molar-refractivity contribution is 5.81. The van der Waals surface area contributed by atoms with Crippen molar-refractivity contribution in [1.29, 1.82) is 0 Å². The number of halogens is 3. The maximum atomic E-state index is 12.9. The standard InChI is InChI=1S/C18H25F3N2O2/c1-17(2,13-4-3-5-14(10-13)18(19,20)21)11-23-16(24)15(22)12-6-8-25-9-7-12/h3-5,10,12,15H,6-9,11,22H2,1-2H3,(H,23,24). The van der Waals surface area contributed by atoms with Crippen molar-refractivity contribution in [2.75, 3.05) is 19.8 Å². The van der Waals surface area contributed by atoms with E-state index >= 15 is 0 Å². The molecule has 0 bridgehead atoms. The minimum Gasteiger partial charge on any atom is -0.381 e. The molecule has 1 aromatic rings. The van der Waals surface area contributed by atoms with Gasteiger partial charge in [-0.05, 0) is 30.4 Å². The monoisotopic (exact) mass is 358 g/mol. The first-order chi connectivity index (χ1) is 11.6. The molecule has 3 N–H and O–H groups in total. The lowest BCUT2D eigenvalue weighted by molar-refractivity contribution is -0.137. The molecule has 4 nitrogen and oxygen atoms in total. The molecule has 2 rings (SSSR count). The van der Waals surface area contributed by atoms with Gasteiger partial charge in [-0.2, -0.15) is 13.2 Å². The summed E-state index contributed by atoms with van der Waals surface area (Å²) < 4.78 is 43.9. The first kappa shape index (κ1) is 19.7. The molecule has 1 saturated heterocycles. The summed E-state index contributed by atoms with van der Waals surface area (Å²) in [6, 6.07) is 4.57. The summed E-state index contributed by atoms with van der Waals surface area (Å²) in [7, 11) is 0. The first-order valence-electron chi connectivity index (χ1n) is 8.40. The highest BCUT2D eigenvalue weighted by Crippen LogP contribution is 2.32. The molecule has 1 unspecified atom stereocenters. The van der Waals surface area contributed by atoms with Gasteiger partial charge in [0.05, 0.1) is 11.6 Å². The Hall–Kier alpha value is -1.60. The Morgan fingerprint density at radius 2 is 1.88 bits per heavy atom. The molecule has 0 radical (unpaired) electrons. The molecule has 25 heavy (non-hydrogen) atoms. The van der Waals surface area contributed by atoms with Crippen LogP contribution in [0.4, 0.5) is 13.2 Å². The molecule has 1 fully saturated rings. The van der Waals surface area contributed by atoms with Crippen LogP contribution in [-0.4, -0.2) is 31.7 Å². The minimum absolute atomic E-state index is 0.0745. The SMILES string of the molecule is CC(C)(CNC(=O)C(N)C1CCOCC1)c1cccc(C(F)(F)F)c1. The van der Waals surface area contributed by atoms with Crippen molar-refractivity contribution < 1.29 is 22.7 Å². The minimum atomic E-state index is -4.39. The molecule has 0 aliphatic carbocycles. The zero-order chi connectivity index (χ0) is 18.7. The Bertz CT molecular complexity index is 596. The average molecular weight is 358 g/mol. The van der Waals surface area contributed by atoms with Gasteiger partial charge in [-0.1, -0.05) is 32.0 Å².